The molecule has 3 atom stereocenters. The van der Waals surface area contributed by atoms with Crippen LogP contribution in [-0.4, -0.2) is 43.5 Å². The lowest BCUT2D eigenvalue weighted by Gasteiger charge is -2.31. The zero-order chi connectivity index (χ0) is 13.6. The van der Waals surface area contributed by atoms with E-state index < -0.39 is 15.1 Å². The van der Waals surface area contributed by atoms with Gasteiger partial charge in [0.1, 0.15) is 5.78 Å². The summed E-state index contributed by atoms with van der Waals surface area (Å²) in [5.74, 6) is 0.185. The summed E-state index contributed by atoms with van der Waals surface area (Å²) >= 11 is 0. The Morgan fingerprint density at radius 2 is 1.89 bits per heavy atom. The van der Waals surface area contributed by atoms with Gasteiger partial charge in [-0.25, -0.2) is 8.42 Å². The van der Waals surface area contributed by atoms with Crippen LogP contribution < -0.4 is 0 Å². The van der Waals surface area contributed by atoms with Crippen molar-refractivity contribution in [1.82, 2.24) is 4.90 Å². The molecule has 0 aromatic heterocycles. The molecule has 2 aliphatic heterocycles. The Balaban J connectivity index is 1.98. The third-order valence-corrected chi connectivity index (χ3v) is 6.66. The normalized spacial score (nSPS) is 31.6. The van der Waals surface area contributed by atoms with Crippen molar-refractivity contribution in [2.24, 2.45) is 0 Å². The highest BCUT2D eigenvalue weighted by atomic mass is 32.2. The Labute approximate surface area is 113 Å². The van der Waals surface area contributed by atoms with Crippen LogP contribution in [0.2, 0.25) is 0 Å². The first-order valence-corrected chi connectivity index (χ1v) is 8.10. The summed E-state index contributed by atoms with van der Waals surface area (Å²) in [7, 11) is -1.48. The summed E-state index contributed by atoms with van der Waals surface area (Å²) in [4.78, 5) is 14.2. The quantitative estimate of drug-likeness (QED) is 0.818. The number of rotatable bonds is 2. The molecular formula is C14H17NO3S. The number of benzene rings is 1. The molecule has 0 radical (unpaired) electrons. The van der Waals surface area contributed by atoms with E-state index in [1.54, 1.807) is 24.3 Å². The van der Waals surface area contributed by atoms with Crippen LogP contribution in [0.5, 0.6) is 0 Å². The molecule has 2 saturated heterocycles. The van der Waals surface area contributed by atoms with Crippen molar-refractivity contribution in [3.8, 4) is 0 Å². The molecule has 2 aliphatic rings. The van der Waals surface area contributed by atoms with Crippen LogP contribution in [0.15, 0.2) is 35.2 Å². The lowest BCUT2D eigenvalue weighted by molar-refractivity contribution is -0.125. The van der Waals surface area contributed by atoms with Crippen LogP contribution in [0.25, 0.3) is 0 Å². The molecular weight excluding hydrogens is 262 g/mol. The van der Waals surface area contributed by atoms with Crippen molar-refractivity contribution in [2.45, 2.75) is 41.5 Å². The van der Waals surface area contributed by atoms with E-state index in [2.05, 4.69) is 0 Å². The van der Waals surface area contributed by atoms with Gasteiger partial charge in [0, 0.05) is 12.5 Å². The molecule has 1 aromatic rings. The minimum atomic E-state index is -3.34. The minimum absolute atomic E-state index is 0.0205. The first kappa shape index (κ1) is 12.8. The summed E-state index contributed by atoms with van der Waals surface area (Å²) in [5.41, 5.74) is 0. The lowest BCUT2D eigenvalue weighted by atomic mass is 10.0. The first-order chi connectivity index (χ1) is 9.01. The number of fused-ring (bicyclic) bond motifs is 2. The van der Waals surface area contributed by atoms with Gasteiger partial charge >= 0.3 is 0 Å². The molecule has 2 fully saturated rings. The van der Waals surface area contributed by atoms with Gasteiger partial charge in [0.05, 0.1) is 16.2 Å². The van der Waals surface area contributed by atoms with Crippen molar-refractivity contribution in [3.05, 3.63) is 30.3 Å². The number of Topliss-reactive ketones (excluding diaryl/α,β-unsaturated/α-hetero) is 1. The minimum Gasteiger partial charge on any atom is -0.298 e. The summed E-state index contributed by atoms with van der Waals surface area (Å²) in [6, 6.07) is 8.34. The molecule has 0 unspecified atom stereocenters. The number of ketones is 1. The third-order valence-electron chi connectivity index (χ3n) is 4.43. The Bertz CT molecular complexity index is 596. The summed E-state index contributed by atoms with van der Waals surface area (Å²) in [5, 5.41) is -0.448. The third kappa shape index (κ3) is 1.92. The number of hydrogen-bond donors (Lipinski definition) is 0. The Kier molecular flexibility index (Phi) is 2.98. The molecule has 3 rings (SSSR count). The molecule has 2 heterocycles. The topological polar surface area (TPSA) is 54.5 Å². The van der Waals surface area contributed by atoms with Crippen molar-refractivity contribution in [2.75, 3.05) is 7.05 Å². The predicted octanol–water partition coefficient (Wildman–Crippen LogP) is 1.26. The molecule has 0 saturated carbocycles. The monoisotopic (exact) mass is 279 g/mol. The number of carbonyl (C=O) groups is 1. The van der Waals surface area contributed by atoms with Gasteiger partial charge in [-0.2, -0.15) is 0 Å². The van der Waals surface area contributed by atoms with Gasteiger partial charge in [-0.1, -0.05) is 18.2 Å². The summed E-state index contributed by atoms with van der Waals surface area (Å²) in [6.07, 6.45) is 1.61. The second kappa shape index (κ2) is 4.42. The maximum atomic E-state index is 12.7. The van der Waals surface area contributed by atoms with Gasteiger partial charge in [0.2, 0.25) is 0 Å². The largest absolute Gasteiger partial charge is 0.298 e. The van der Waals surface area contributed by atoms with Crippen LogP contribution in [-0.2, 0) is 14.6 Å². The number of nitrogens with zero attached hydrogens (tertiary/aromatic N) is 1. The Hall–Kier alpha value is -1.20. The lowest BCUT2D eigenvalue weighted by Crippen LogP contribution is -2.44. The van der Waals surface area contributed by atoms with Crippen LogP contribution in [0.1, 0.15) is 19.3 Å². The van der Waals surface area contributed by atoms with E-state index in [4.69, 9.17) is 0 Å². The van der Waals surface area contributed by atoms with Crippen LogP contribution in [0.3, 0.4) is 0 Å². The van der Waals surface area contributed by atoms with Gasteiger partial charge < -0.3 is 0 Å². The molecule has 5 heteroatoms. The van der Waals surface area contributed by atoms with Crippen LogP contribution in [0.4, 0.5) is 0 Å². The van der Waals surface area contributed by atoms with Gasteiger partial charge in [0.25, 0.3) is 0 Å². The van der Waals surface area contributed by atoms with Crippen molar-refractivity contribution >= 4 is 15.6 Å². The molecule has 19 heavy (non-hydrogen) atoms. The molecule has 2 bridgehead atoms. The fourth-order valence-electron chi connectivity index (χ4n) is 3.36. The highest BCUT2D eigenvalue weighted by Crippen LogP contribution is 2.38. The van der Waals surface area contributed by atoms with Crippen LogP contribution in [0, 0.1) is 0 Å². The number of carbonyl (C=O) groups excluding carboxylic acids is 1. The maximum absolute atomic E-state index is 12.7. The van der Waals surface area contributed by atoms with E-state index in [0.717, 1.165) is 0 Å². The molecule has 4 nitrogen and oxygen atoms in total. The average Bonchev–Trinajstić information content (AvgIpc) is 2.63. The SMILES string of the molecule is CN1[C@@H]2C[C@@H](S(=O)(=O)c3ccccc3)[C@H]1CCC2=O. The number of sulfone groups is 1. The fourth-order valence-corrected chi connectivity index (χ4v) is 5.42. The van der Waals surface area contributed by atoms with Crippen molar-refractivity contribution in [1.29, 1.82) is 0 Å². The van der Waals surface area contributed by atoms with E-state index in [9.17, 15) is 13.2 Å². The van der Waals surface area contributed by atoms with E-state index >= 15 is 0 Å². The van der Waals surface area contributed by atoms with Crippen molar-refractivity contribution in [3.63, 3.8) is 0 Å². The average molecular weight is 279 g/mol. The smallest absolute Gasteiger partial charge is 0.182 e. The van der Waals surface area contributed by atoms with Gasteiger partial charge in [-0.05, 0) is 32.0 Å². The van der Waals surface area contributed by atoms with E-state index in [0.29, 0.717) is 24.2 Å². The molecule has 0 N–H and O–H groups in total. The van der Waals surface area contributed by atoms with Crippen molar-refractivity contribution < 1.29 is 13.2 Å². The standard InChI is InChI=1S/C14H17NO3S/c1-15-11-7-8-13(16)12(15)9-14(11)19(17,18)10-5-3-2-4-6-10/h2-6,11-12,14H,7-9H2,1H3/t11-,12-,14-/m1/s1. The Morgan fingerprint density at radius 1 is 1.21 bits per heavy atom. The molecule has 0 amide bonds. The zero-order valence-corrected chi connectivity index (χ0v) is 11.6. The molecule has 0 aliphatic carbocycles. The maximum Gasteiger partial charge on any atom is 0.182 e. The predicted molar refractivity (Wildman–Crippen MR) is 71.6 cm³/mol. The number of hydrogen-bond acceptors (Lipinski definition) is 4. The van der Waals surface area contributed by atoms with Crippen LogP contribution >= 0.6 is 0 Å². The summed E-state index contributed by atoms with van der Waals surface area (Å²) in [6.45, 7) is 0. The summed E-state index contributed by atoms with van der Waals surface area (Å²) < 4.78 is 25.4. The number of piperidine rings is 1. The van der Waals surface area contributed by atoms with Gasteiger partial charge in [0.15, 0.2) is 9.84 Å². The highest BCUT2D eigenvalue weighted by molar-refractivity contribution is 7.92. The highest BCUT2D eigenvalue weighted by Gasteiger charge is 2.50. The first-order valence-electron chi connectivity index (χ1n) is 6.55. The second-order valence-electron chi connectivity index (χ2n) is 5.39. The second-order valence-corrected chi connectivity index (χ2v) is 7.55. The number of likely N-dealkylation sites (N-methyl/N-ethyl adjacent to an activating group) is 1. The van der Waals surface area contributed by atoms with E-state index in [1.165, 1.54) is 0 Å². The molecule has 1 aromatic carbocycles. The van der Waals surface area contributed by atoms with Gasteiger partial charge in [-0.3, -0.25) is 9.69 Å². The van der Waals surface area contributed by atoms with Gasteiger partial charge in [-0.15, -0.1) is 0 Å². The zero-order valence-electron chi connectivity index (χ0n) is 10.8. The molecule has 0 spiro atoms. The fraction of sp³-hybridized carbons (Fsp3) is 0.500. The van der Waals surface area contributed by atoms with E-state index in [-0.39, 0.29) is 17.9 Å². The Morgan fingerprint density at radius 3 is 2.53 bits per heavy atom. The molecule has 102 valence electrons. The van der Waals surface area contributed by atoms with E-state index in [1.807, 2.05) is 18.0 Å².